The molecule has 1 aliphatic heterocycles. The summed E-state index contributed by atoms with van der Waals surface area (Å²) in [6.07, 6.45) is 0. The van der Waals surface area contributed by atoms with Crippen LogP contribution < -0.4 is 0 Å². The van der Waals surface area contributed by atoms with Crippen LogP contribution in [-0.2, 0) is 4.79 Å². The second-order valence-corrected chi connectivity index (χ2v) is 5.91. The highest BCUT2D eigenvalue weighted by molar-refractivity contribution is 5.96. The molecular weight excluding hydrogens is 258 g/mol. The van der Waals surface area contributed by atoms with E-state index in [1.807, 2.05) is 20.8 Å². The van der Waals surface area contributed by atoms with Crippen molar-refractivity contribution in [2.24, 2.45) is 11.8 Å². The molecule has 0 unspecified atom stereocenters. The van der Waals surface area contributed by atoms with Crippen molar-refractivity contribution in [2.45, 2.75) is 33.6 Å². The van der Waals surface area contributed by atoms with Crippen LogP contribution in [0.1, 0.15) is 48.6 Å². The highest BCUT2D eigenvalue weighted by Gasteiger charge is 2.38. The highest BCUT2D eigenvalue weighted by Crippen LogP contribution is 2.28. The summed E-state index contributed by atoms with van der Waals surface area (Å²) in [6, 6.07) is 1.78. The van der Waals surface area contributed by atoms with Gasteiger partial charge in [-0.2, -0.15) is 0 Å². The van der Waals surface area contributed by atoms with Gasteiger partial charge in [0.1, 0.15) is 11.5 Å². The molecule has 2 atom stereocenters. The first-order valence-electron chi connectivity index (χ1n) is 6.93. The first-order valence-corrected chi connectivity index (χ1v) is 6.93. The van der Waals surface area contributed by atoms with Crippen LogP contribution in [0.25, 0.3) is 0 Å². The van der Waals surface area contributed by atoms with E-state index in [2.05, 4.69) is 0 Å². The molecule has 0 spiro atoms. The lowest BCUT2D eigenvalue weighted by atomic mass is 9.99. The number of amides is 1. The Balaban J connectivity index is 2.19. The van der Waals surface area contributed by atoms with E-state index in [1.165, 1.54) is 0 Å². The minimum Gasteiger partial charge on any atom is -0.481 e. The summed E-state index contributed by atoms with van der Waals surface area (Å²) in [4.78, 5) is 25.2. The topological polar surface area (TPSA) is 70.8 Å². The molecule has 0 bridgehead atoms. The number of nitrogens with zero attached hydrogens (tertiary/aromatic N) is 1. The zero-order valence-electron chi connectivity index (χ0n) is 12.3. The highest BCUT2D eigenvalue weighted by atomic mass is 16.4. The van der Waals surface area contributed by atoms with E-state index in [0.29, 0.717) is 17.9 Å². The van der Waals surface area contributed by atoms with Crippen molar-refractivity contribution < 1.29 is 19.1 Å². The maximum Gasteiger partial charge on any atom is 0.308 e. The van der Waals surface area contributed by atoms with Crippen molar-refractivity contribution in [3.8, 4) is 0 Å². The van der Waals surface area contributed by atoms with E-state index in [-0.39, 0.29) is 24.3 Å². The van der Waals surface area contributed by atoms with Crippen LogP contribution in [-0.4, -0.2) is 35.0 Å². The van der Waals surface area contributed by atoms with Crippen LogP contribution in [0.15, 0.2) is 10.5 Å². The Bertz CT molecular complexity index is 532. The lowest BCUT2D eigenvalue weighted by Gasteiger charge is -2.15. The van der Waals surface area contributed by atoms with E-state index >= 15 is 0 Å². The van der Waals surface area contributed by atoms with E-state index in [9.17, 15) is 9.59 Å². The maximum atomic E-state index is 12.5. The van der Waals surface area contributed by atoms with E-state index < -0.39 is 11.9 Å². The molecular formula is C15H21NO4. The van der Waals surface area contributed by atoms with Crippen LogP contribution >= 0.6 is 0 Å². The first kappa shape index (κ1) is 14.6. The third-order valence-corrected chi connectivity index (χ3v) is 3.95. The van der Waals surface area contributed by atoms with Crippen LogP contribution in [0.3, 0.4) is 0 Å². The van der Waals surface area contributed by atoms with Gasteiger partial charge in [0.25, 0.3) is 5.91 Å². The number of aryl methyl sites for hydroxylation is 1. The van der Waals surface area contributed by atoms with E-state index in [1.54, 1.807) is 17.9 Å². The maximum absolute atomic E-state index is 12.5. The van der Waals surface area contributed by atoms with Gasteiger partial charge in [0.15, 0.2) is 0 Å². The lowest BCUT2D eigenvalue weighted by Crippen LogP contribution is -2.30. The van der Waals surface area contributed by atoms with Crippen molar-refractivity contribution in [3.05, 3.63) is 23.2 Å². The summed E-state index contributed by atoms with van der Waals surface area (Å²) in [6.45, 7) is 8.41. The smallest absolute Gasteiger partial charge is 0.308 e. The van der Waals surface area contributed by atoms with Crippen LogP contribution in [0, 0.1) is 18.8 Å². The molecule has 0 aromatic carbocycles. The second kappa shape index (κ2) is 5.31. The molecule has 1 aliphatic rings. The number of aliphatic carboxylic acids is 1. The van der Waals surface area contributed by atoms with Gasteiger partial charge >= 0.3 is 5.97 Å². The summed E-state index contributed by atoms with van der Waals surface area (Å²) >= 11 is 0. The molecule has 0 radical (unpaired) electrons. The molecule has 1 fully saturated rings. The number of rotatable bonds is 3. The Morgan fingerprint density at radius 2 is 2.05 bits per heavy atom. The molecule has 1 aromatic heterocycles. The molecule has 1 amide bonds. The van der Waals surface area contributed by atoms with Gasteiger partial charge in [0.2, 0.25) is 0 Å². The van der Waals surface area contributed by atoms with Crippen molar-refractivity contribution >= 4 is 11.9 Å². The van der Waals surface area contributed by atoms with Crippen molar-refractivity contribution in [1.29, 1.82) is 0 Å². The molecule has 110 valence electrons. The number of likely N-dealkylation sites (tertiary alicyclic amines) is 1. The van der Waals surface area contributed by atoms with E-state index in [0.717, 1.165) is 5.76 Å². The first-order chi connectivity index (χ1) is 9.31. The molecule has 0 saturated carbocycles. The Hall–Kier alpha value is -1.78. The zero-order chi connectivity index (χ0) is 15.0. The monoisotopic (exact) mass is 279 g/mol. The summed E-state index contributed by atoms with van der Waals surface area (Å²) < 4.78 is 5.59. The number of carbonyl (C=O) groups excluding carboxylic acids is 1. The van der Waals surface area contributed by atoms with Crippen molar-refractivity contribution in [3.63, 3.8) is 0 Å². The van der Waals surface area contributed by atoms with Gasteiger partial charge in [0, 0.05) is 19.0 Å². The van der Waals surface area contributed by atoms with Crippen molar-refractivity contribution in [1.82, 2.24) is 4.90 Å². The molecule has 1 aromatic rings. The second-order valence-electron chi connectivity index (χ2n) is 5.91. The molecule has 1 saturated heterocycles. The van der Waals surface area contributed by atoms with E-state index in [4.69, 9.17) is 9.52 Å². The van der Waals surface area contributed by atoms with Crippen LogP contribution in [0.2, 0.25) is 0 Å². The standard InChI is InChI=1S/C15H21NO4/c1-8(2)13-5-11(10(4)20-13)14(17)16-6-9(3)12(7-16)15(18)19/h5,8-9,12H,6-7H2,1-4H3,(H,18,19)/t9-,12-/m1/s1. The number of hydrogen-bond donors (Lipinski definition) is 1. The van der Waals surface area contributed by atoms with Crippen molar-refractivity contribution in [2.75, 3.05) is 13.1 Å². The average molecular weight is 279 g/mol. The van der Waals surface area contributed by atoms with Gasteiger partial charge in [-0.15, -0.1) is 0 Å². The molecule has 2 rings (SSSR count). The number of carboxylic acid groups (broad SMARTS) is 1. The Morgan fingerprint density at radius 3 is 2.50 bits per heavy atom. The quantitative estimate of drug-likeness (QED) is 0.922. The van der Waals surface area contributed by atoms with Gasteiger partial charge in [-0.05, 0) is 18.9 Å². The fraction of sp³-hybridized carbons (Fsp3) is 0.600. The van der Waals surface area contributed by atoms with Gasteiger partial charge in [-0.3, -0.25) is 9.59 Å². The van der Waals surface area contributed by atoms with Gasteiger partial charge in [-0.25, -0.2) is 0 Å². The SMILES string of the molecule is Cc1oc(C(C)C)cc1C(=O)N1C[C@@H](C)[C@H](C(=O)O)C1. The third-order valence-electron chi connectivity index (χ3n) is 3.95. The third kappa shape index (κ3) is 2.57. The predicted octanol–water partition coefficient (Wildman–Crippen LogP) is 2.50. The van der Waals surface area contributed by atoms with Gasteiger partial charge < -0.3 is 14.4 Å². The van der Waals surface area contributed by atoms with Crippen LogP contribution in [0.4, 0.5) is 0 Å². The molecule has 5 heteroatoms. The molecule has 1 N–H and O–H groups in total. The molecule has 2 heterocycles. The normalized spacial score (nSPS) is 22.6. The molecule has 0 aliphatic carbocycles. The minimum absolute atomic E-state index is 0.0202. The predicted molar refractivity (Wildman–Crippen MR) is 73.7 cm³/mol. The summed E-state index contributed by atoms with van der Waals surface area (Å²) in [5.41, 5.74) is 0.548. The van der Waals surface area contributed by atoms with Gasteiger partial charge in [0.05, 0.1) is 11.5 Å². The van der Waals surface area contributed by atoms with Gasteiger partial charge in [-0.1, -0.05) is 20.8 Å². The average Bonchev–Trinajstić information content (AvgIpc) is 2.92. The van der Waals surface area contributed by atoms with Crippen LogP contribution in [0.5, 0.6) is 0 Å². The number of carboxylic acids is 1. The summed E-state index contributed by atoms with van der Waals surface area (Å²) in [5.74, 6) is 0.148. The fourth-order valence-electron chi connectivity index (χ4n) is 2.63. The summed E-state index contributed by atoms with van der Waals surface area (Å²) in [5, 5.41) is 9.13. The molecule has 20 heavy (non-hydrogen) atoms. The number of furan rings is 1. The lowest BCUT2D eigenvalue weighted by molar-refractivity contribution is -0.142. The molecule has 5 nitrogen and oxygen atoms in total. The Morgan fingerprint density at radius 1 is 1.40 bits per heavy atom. The Kier molecular flexibility index (Phi) is 3.88. The fourth-order valence-corrected chi connectivity index (χ4v) is 2.63. The number of carbonyl (C=O) groups is 2. The largest absolute Gasteiger partial charge is 0.481 e. The number of hydrogen-bond acceptors (Lipinski definition) is 3. The Labute approximate surface area is 118 Å². The minimum atomic E-state index is -0.834. The summed E-state index contributed by atoms with van der Waals surface area (Å²) in [7, 11) is 0. The zero-order valence-corrected chi connectivity index (χ0v) is 12.3.